The quantitative estimate of drug-likeness (QED) is 0.289. The molecule has 10 heteroatoms. The van der Waals surface area contributed by atoms with Crippen LogP contribution in [-0.4, -0.2) is 16.2 Å². The van der Waals surface area contributed by atoms with E-state index in [9.17, 15) is 22.4 Å². The van der Waals surface area contributed by atoms with E-state index in [0.29, 0.717) is 28.3 Å². The molecule has 0 bridgehead atoms. The van der Waals surface area contributed by atoms with Gasteiger partial charge in [-0.15, -0.1) is 0 Å². The topological polar surface area (TPSA) is 79.0 Å². The molecule has 0 saturated heterocycles. The van der Waals surface area contributed by atoms with Crippen molar-refractivity contribution in [1.82, 2.24) is 15.5 Å². The zero-order valence-electron chi connectivity index (χ0n) is 16.4. The van der Waals surface area contributed by atoms with E-state index in [1.54, 1.807) is 30.3 Å². The molecule has 6 nitrogen and oxygen atoms in total. The molecule has 0 saturated carbocycles. The Labute approximate surface area is 179 Å². The van der Waals surface area contributed by atoms with Gasteiger partial charge in [-0.3, -0.25) is 10.4 Å². The average Bonchev–Trinajstić information content (AvgIpc) is 3.17. The SMILES string of the molecule is O=C(NCc1ccc(F)cc1)Nc1n[nH]c2ccc(OCc3cc(F)c(F)cc3F)cc12. The van der Waals surface area contributed by atoms with E-state index < -0.39 is 23.5 Å². The van der Waals surface area contributed by atoms with Gasteiger partial charge >= 0.3 is 6.03 Å². The first-order chi connectivity index (χ1) is 15.4. The van der Waals surface area contributed by atoms with Crippen LogP contribution in [0.1, 0.15) is 11.1 Å². The maximum Gasteiger partial charge on any atom is 0.320 e. The van der Waals surface area contributed by atoms with E-state index in [-0.39, 0.29) is 30.4 Å². The number of halogens is 4. The number of carbonyl (C=O) groups excluding carboxylic acids is 1. The molecule has 32 heavy (non-hydrogen) atoms. The lowest BCUT2D eigenvalue weighted by atomic mass is 10.2. The van der Waals surface area contributed by atoms with Gasteiger partial charge in [-0.25, -0.2) is 22.4 Å². The number of rotatable bonds is 6. The Morgan fingerprint density at radius 2 is 1.69 bits per heavy atom. The largest absolute Gasteiger partial charge is 0.489 e. The number of nitrogens with zero attached hydrogens (tertiary/aromatic N) is 1. The maximum absolute atomic E-state index is 13.8. The van der Waals surface area contributed by atoms with Gasteiger partial charge in [0, 0.05) is 23.6 Å². The molecule has 0 fully saturated rings. The fourth-order valence-electron chi connectivity index (χ4n) is 2.95. The number of ether oxygens (including phenoxy) is 1. The van der Waals surface area contributed by atoms with E-state index in [1.165, 1.54) is 12.1 Å². The lowest BCUT2D eigenvalue weighted by molar-refractivity contribution is 0.251. The summed E-state index contributed by atoms with van der Waals surface area (Å²) < 4.78 is 58.6. The van der Waals surface area contributed by atoms with Gasteiger partial charge in [0.2, 0.25) is 0 Å². The van der Waals surface area contributed by atoms with Crippen molar-refractivity contribution in [3.05, 3.63) is 89.0 Å². The van der Waals surface area contributed by atoms with Crippen molar-refractivity contribution in [1.29, 1.82) is 0 Å². The molecule has 0 radical (unpaired) electrons. The summed E-state index contributed by atoms with van der Waals surface area (Å²) in [5.41, 5.74) is 1.17. The minimum absolute atomic E-state index is 0.144. The first kappa shape index (κ1) is 21.2. The number of benzene rings is 3. The number of urea groups is 1. The van der Waals surface area contributed by atoms with Crippen molar-refractivity contribution in [2.45, 2.75) is 13.2 Å². The molecular formula is C22H16F4N4O2. The predicted molar refractivity (Wildman–Crippen MR) is 109 cm³/mol. The van der Waals surface area contributed by atoms with E-state index in [2.05, 4.69) is 20.8 Å². The second kappa shape index (κ2) is 8.96. The van der Waals surface area contributed by atoms with Crippen LogP contribution in [0.25, 0.3) is 10.9 Å². The van der Waals surface area contributed by atoms with Crippen LogP contribution < -0.4 is 15.4 Å². The van der Waals surface area contributed by atoms with Crippen molar-refractivity contribution in [2.75, 3.05) is 5.32 Å². The van der Waals surface area contributed by atoms with Gasteiger partial charge in [-0.1, -0.05) is 12.1 Å². The van der Waals surface area contributed by atoms with Crippen molar-refractivity contribution in [3.63, 3.8) is 0 Å². The lowest BCUT2D eigenvalue weighted by Gasteiger charge is -2.09. The van der Waals surface area contributed by atoms with E-state index in [0.717, 1.165) is 6.07 Å². The molecule has 3 aromatic carbocycles. The molecule has 4 aromatic rings. The molecule has 0 aliphatic heterocycles. The van der Waals surface area contributed by atoms with Crippen molar-refractivity contribution in [3.8, 4) is 5.75 Å². The molecule has 3 N–H and O–H groups in total. The first-order valence-electron chi connectivity index (χ1n) is 9.42. The smallest absolute Gasteiger partial charge is 0.320 e. The van der Waals surface area contributed by atoms with Gasteiger partial charge in [0.05, 0.1) is 5.52 Å². The molecule has 0 spiro atoms. The number of H-pyrrole nitrogens is 1. The Morgan fingerprint density at radius 3 is 2.47 bits per heavy atom. The highest BCUT2D eigenvalue weighted by Gasteiger charge is 2.13. The lowest BCUT2D eigenvalue weighted by Crippen LogP contribution is -2.28. The number of carbonyl (C=O) groups is 1. The number of hydrogen-bond donors (Lipinski definition) is 3. The monoisotopic (exact) mass is 444 g/mol. The number of amides is 2. The van der Waals surface area contributed by atoms with Gasteiger partial charge < -0.3 is 10.1 Å². The summed E-state index contributed by atoms with van der Waals surface area (Å²) in [6.45, 7) is -0.143. The van der Waals surface area contributed by atoms with Gasteiger partial charge in [0.15, 0.2) is 17.5 Å². The predicted octanol–water partition coefficient (Wildman–Crippen LogP) is 5.02. The second-order valence-corrected chi connectivity index (χ2v) is 6.86. The maximum atomic E-state index is 13.8. The summed E-state index contributed by atoms with van der Waals surface area (Å²) in [6.07, 6.45) is 0. The molecule has 164 valence electrons. The van der Waals surface area contributed by atoms with Gasteiger partial charge in [-0.05, 0) is 42.0 Å². The third-order valence-corrected chi connectivity index (χ3v) is 4.62. The Hall–Kier alpha value is -4.08. The third kappa shape index (κ3) is 4.80. The molecule has 0 atom stereocenters. The van der Waals surface area contributed by atoms with Gasteiger partial charge in [0.25, 0.3) is 0 Å². The minimum atomic E-state index is -1.28. The molecule has 1 aromatic heterocycles. The van der Waals surface area contributed by atoms with Crippen LogP contribution in [0.5, 0.6) is 5.75 Å². The number of aromatic nitrogens is 2. The van der Waals surface area contributed by atoms with Crippen LogP contribution >= 0.6 is 0 Å². The Bertz CT molecular complexity index is 1280. The van der Waals surface area contributed by atoms with E-state index in [4.69, 9.17) is 4.74 Å². The van der Waals surface area contributed by atoms with Gasteiger partial charge in [0.1, 0.15) is 24.0 Å². The Kier molecular flexibility index (Phi) is 5.93. The molecule has 1 heterocycles. The molecule has 0 unspecified atom stereocenters. The van der Waals surface area contributed by atoms with E-state index in [1.807, 2.05) is 0 Å². The summed E-state index contributed by atoms with van der Waals surface area (Å²) in [6, 6.07) is 11.1. The van der Waals surface area contributed by atoms with Crippen LogP contribution in [0.2, 0.25) is 0 Å². The highest BCUT2D eigenvalue weighted by molar-refractivity contribution is 5.99. The highest BCUT2D eigenvalue weighted by Crippen LogP contribution is 2.26. The van der Waals surface area contributed by atoms with Crippen LogP contribution in [-0.2, 0) is 13.2 Å². The van der Waals surface area contributed by atoms with Crippen molar-refractivity contribution in [2.24, 2.45) is 0 Å². The minimum Gasteiger partial charge on any atom is -0.489 e. The average molecular weight is 444 g/mol. The zero-order valence-corrected chi connectivity index (χ0v) is 16.4. The Morgan fingerprint density at radius 1 is 0.938 bits per heavy atom. The fraction of sp³-hybridized carbons (Fsp3) is 0.0909. The molecule has 0 aliphatic carbocycles. The van der Waals surface area contributed by atoms with Crippen LogP contribution in [0, 0.1) is 23.3 Å². The molecule has 0 aliphatic rings. The third-order valence-electron chi connectivity index (χ3n) is 4.62. The number of nitrogens with one attached hydrogen (secondary N) is 3. The second-order valence-electron chi connectivity index (χ2n) is 6.86. The van der Waals surface area contributed by atoms with Crippen LogP contribution in [0.3, 0.4) is 0 Å². The summed E-state index contributed by atoms with van der Waals surface area (Å²) in [4.78, 5) is 12.2. The number of fused-ring (bicyclic) bond motifs is 1. The van der Waals surface area contributed by atoms with Crippen LogP contribution in [0.4, 0.5) is 28.2 Å². The van der Waals surface area contributed by atoms with Gasteiger partial charge in [-0.2, -0.15) is 5.10 Å². The summed E-state index contributed by atoms with van der Waals surface area (Å²) in [5, 5.41) is 12.5. The summed E-state index contributed by atoms with van der Waals surface area (Å²) in [7, 11) is 0. The Balaban J connectivity index is 1.42. The number of aromatic amines is 1. The summed E-state index contributed by atoms with van der Waals surface area (Å²) in [5.74, 6) is -3.22. The van der Waals surface area contributed by atoms with Crippen LogP contribution in [0.15, 0.2) is 54.6 Å². The standard InChI is InChI=1S/C22H16F4N4O2/c23-14-3-1-12(2-4-14)10-27-22(31)28-21-16-8-15(5-6-20(16)29-30-21)32-11-13-7-18(25)19(26)9-17(13)24/h1-9H,10-11H2,(H3,27,28,29,30,31). The molecule has 4 rings (SSSR count). The van der Waals surface area contributed by atoms with Crippen molar-refractivity contribution < 1.29 is 27.1 Å². The molecular weight excluding hydrogens is 428 g/mol. The number of anilines is 1. The highest BCUT2D eigenvalue weighted by atomic mass is 19.2. The number of hydrogen-bond acceptors (Lipinski definition) is 3. The first-order valence-corrected chi connectivity index (χ1v) is 9.42. The summed E-state index contributed by atoms with van der Waals surface area (Å²) >= 11 is 0. The zero-order chi connectivity index (χ0) is 22.7. The fourth-order valence-corrected chi connectivity index (χ4v) is 2.95. The molecule has 2 amide bonds. The van der Waals surface area contributed by atoms with E-state index >= 15 is 0 Å². The normalized spacial score (nSPS) is 10.9. The van der Waals surface area contributed by atoms with Crippen molar-refractivity contribution >= 4 is 22.8 Å².